The van der Waals surface area contributed by atoms with E-state index < -0.39 is 0 Å². The molecule has 0 aliphatic heterocycles. The number of rotatable bonds is 26. The van der Waals surface area contributed by atoms with Gasteiger partial charge in [-0.25, -0.2) is 0 Å². The van der Waals surface area contributed by atoms with E-state index in [0.717, 1.165) is 12.8 Å². The highest BCUT2D eigenvalue weighted by molar-refractivity contribution is 5.77. The van der Waals surface area contributed by atoms with Crippen LogP contribution in [0.4, 0.5) is 0 Å². The minimum Gasteiger partial charge on any atom is -0.354 e. The van der Waals surface area contributed by atoms with Crippen molar-refractivity contribution in [3.8, 4) is 0 Å². The van der Waals surface area contributed by atoms with Gasteiger partial charge in [0.25, 0.3) is 0 Å². The predicted octanol–water partition coefficient (Wildman–Crippen LogP) is 7.20. The van der Waals surface area contributed by atoms with Crippen LogP contribution in [0.25, 0.3) is 0 Å². The van der Waals surface area contributed by atoms with Crippen LogP contribution in [0.2, 0.25) is 0 Å². The van der Waals surface area contributed by atoms with E-state index in [1.54, 1.807) is 6.08 Å². The van der Waals surface area contributed by atoms with Gasteiger partial charge in [0.1, 0.15) is 0 Å². The molecule has 37 heavy (non-hydrogen) atoms. The number of nitrogens with one attached hydrogen (secondary N) is 2. The second kappa shape index (κ2) is 25.5. The molecule has 0 heterocycles. The van der Waals surface area contributed by atoms with Gasteiger partial charge in [-0.1, -0.05) is 109 Å². The van der Waals surface area contributed by atoms with E-state index in [-0.39, 0.29) is 17.9 Å². The smallest absolute Gasteiger partial charge is 0.220 e. The first-order valence-electron chi connectivity index (χ1n) is 15.0. The van der Waals surface area contributed by atoms with Crippen LogP contribution in [-0.4, -0.2) is 42.3 Å². The molecule has 6 heteroatoms. The Hall–Kier alpha value is -2.11. The summed E-state index contributed by atoms with van der Waals surface area (Å²) in [6.45, 7) is 10.6. The summed E-state index contributed by atoms with van der Waals surface area (Å²) in [5.41, 5.74) is 0.595. The lowest BCUT2D eigenvalue weighted by molar-refractivity contribution is -0.123. The Labute approximate surface area is 228 Å². The van der Waals surface area contributed by atoms with Crippen LogP contribution in [0.15, 0.2) is 24.4 Å². The maximum absolute atomic E-state index is 12.2. The van der Waals surface area contributed by atoms with Crippen LogP contribution in [-0.2, 0) is 14.4 Å². The van der Waals surface area contributed by atoms with Crippen molar-refractivity contribution in [2.24, 2.45) is 0 Å². The second-order valence-electron chi connectivity index (χ2n) is 10.3. The van der Waals surface area contributed by atoms with Crippen molar-refractivity contribution in [2.45, 2.75) is 142 Å². The first-order valence-corrected chi connectivity index (χ1v) is 15.0. The summed E-state index contributed by atoms with van der Waals surface area (Å²) in [6.07, 6.45) is 25.5. The number of nitrogens with zero attached hydrogens (tertiary/aromatic N) is 1. The monoisotopic (exact) mass is 519 g/mol. The maximum atomic E-state index is 12.2. The van der Waals surface area contributed by atoms with Gasteiger partial charge in [0.15, 0.2) is 0 Å². The third kappa shape index (κ3) is 22.8. The molecule has 0 bridgehead atoms. The fraction of sp³-hybridized carbons (Fsp3) is 0.774. The van der Waals surface area contributed by atoms with Gasteiger partial charge in [-0.3, -0.25) is 14.4 Å². The molecular weight excluding hydrogens is 462 g/mol. The lowest BCUT2D eigenvalue weighted by Crippen LogP contribution is -2.36. The third-order valence-electron chi connectivity index (χ3n) is 6.75. The van der Waals surface area contributed by atoms with Crippen LogP contribution >= 0.6 is 0 Å². The summed E-state index contributed by atoms with van der Waals surface area (Å²) in [5.74, 6) is -0.00211. The molecule has 0 radical (unpaired) electrons. The van der Waals surface area contributed by atoms with Crippen LogP contribution in [0, 0.1) is 0 Å². The van der Waals surface area contributed by atoms with Crippen molar-refractivity contribution < 1.29 is 14.4 Å². The highest BCUT2D eigenvalue weighted by Gasteiger charge is 2.10. The molecule has 1 unspecified atom stereocenters. The maximum Gasteiger partial charge on any atom is 0.220 e. The van der Waals surface area contributed by atoms with E-state index in [1.165, 1.54) is 88.4 Å². The molecule has 2 N–H and O–H groups in total. The van der Waals surface area contributed by atoms with E-state index in [4.69, 9.17) is 0 Å². The molecule has 0 aromatic rings. The summed E-state index contributed by atoms with van der Waals surface area (Å²) in [7, 11) is 0. The van der Waals surface area contributed by atoms with Crippen LogP contribution in [0.1, 0.15) is 136 Å². The molecule has 0 saturated carbocycles. The zero-order valence-corrected chi connectivity index (χ0v) is 24.3. The molecule has 214 valence electrons. The fourth-order valence-corrected chi connectivity index (χ4v) is 4.38. The average molecular weight is 520 g/mol. The summed E-state index contributed by atoms with van der Waals surface area (Å²) in [4.78, 5) is 36.8. The van der Waals surface area contributed by atoms with Gasteiger partial charge in [-0.05, 0) is 32.8 Å². The standard InChI is InChI=1S/C31H57N3O3/c1-5-7-8-9-10-11-12-13-14-15-16-17-18-19-20-22-31(37)33-28(3)23-24-30(36)32-25-26-34(27-35)29(4)21-6-2/h6,21,27-28H,4-5,7-20,22-26H2,1-3H3,(H,32,36)(H,33,37)/b21-6-. The molecule has 1 atom stereocenters. The highest BCUT2D eigenvalue weighted by Crippen LogP contribution is 2.13. The van der Waals surface area contributed by atoms with Gasteiger partial charge >= 0.3 is 0 Å². The lowest BCUT2D eigenvalue weighted by Gasteiger charge is -2.18. The van der Waals surface area contributed by atoms with Crippen LogP contribution < -0.4 is 10.6 Å². The van der Waals surface area contributed by atoms with Gasteiger partial charge in [-0.15, -0.1) is 0 Å². The van der Waals surface area contributed by atoms with Crippen molar-refractivity contribution in [1.29, 1.82) is 0 Å². The lowest BCUT2D eigenvalue weighted by atomic mass is 10.0. The topological polar surface area (TPSA) is 78.5 Å². The van der Waals surface area contributed by atoms with E-state index in [1.807, 2.05) is 19.9 Å². The molecule has 0 aromatic carbocycles. The normalized spacial score (nSPS) is 11.9. The van der Waals surface area contributed by atoms with Crippen LogP contribution in [0.5, 0.6) is 0 Å². The van der Waals surface area contributed by atoms with E-state index >= 15 is 0 Å². The minimum absolute atomic E-state index is 0.0319. The summed E-state index contributed by atoms with van der Waals surface area (Å²) < 4.78 is 0. The molecule has 0 aliphatic rings. The second-order valence-corrected chi connectivity index (χ2v) is 10.3. The SMILES string of the molecule is C=C(/C=C\C)N(C=O)CCNC(=O)CCC(C)NC(=O)CCCCCCCCCCCCCCCCC. The Morgan fingerprint density at radius 2 is 1.32 bits per heavy atom. The quantitative estimate of drug-likeness (QED) is 0.0720. The minimum atomic E-state index is -0.0778. The van der Waals surface area contributed by atoms with Crippen molar-refractivity contribution in [1.82, 2.24) is 15.5 Å². The molecular formula is C31H57N3O3. The van der Waals surface area contributed by atoms with E-state index in [9.17, 15) is 14.4 Å². The molecule has 0 rings (SSSR count). The van der Waals surface area contributed by atoms with E-state index in [2.05, 4.69) is 24.1 Å². The van der Waals surface area contributed by atoms with Gasteiger partial charge in [-0.2, -0.15) is 0 Å². The first-order chi connectivity index (χ1) is 17.9. The molecule has 6 nitrogen and oxygen atoms in total. The highest BCUT2D eigenvalue weighted by atomic mass is 16.2. The predicted molar refractivity (Wildman–Crippen MR) is 156 cm³/mol. The molecule has 0 saturated heterocycles. The number of hydrogen-bond donors (Lipinski definition) is 2. The molecule has 0 spiro atoms. The summed E-state index contributed by atoms with van der Waals surface area (Å²) >= 11 is 0. The number of carbonyl (C=O) groups is 3. The summed E-state index contributed by atoms with van der Waals surface area (Å²) in [5, 5.41) is 5.82. The Morgan fingerprint density at radius 1 is 0.811 bits per heavy atom. The third-order valence-corrected chi connectivity index (χ3v) is 6.75. The Morgan fingerprint density at radius 3 is 1.81 bits per heavy atom. The Balaban J connectivity index is 3.60. The number of unbranched alkanes of at least 4 members (excludes halogenated alkanes) is 14. The van der Waals surface area contributed by atoms with Gasteiger partial charge in [0.05, 0.1) is 0 Å². The van der Waals surface area contributed by atoms with Gasteiger partial charge < -0.3 is 15.5 Å². The zero-order chi connectivity index (χ0) is 27.6. The van der Waals surface area contributed by atoms with Crippen molar-refractivity contribution in [3.63, 3.8) is 0 Å². The van der Waals surface area contributed by atoms with Crippen molar-refractivity contribution >= 4 is 18.2 Å². The van der Waals surface area contributed by atoms with Crippen molar-refractivity contribution in [3.05, 3.63) is 24.4 Å². The number of hydrogen-bond acceptors (Lipinski definition) is 3. The molecule has 3 amide bonds. The molecule has 0 fully saturated rings. The fourth-order valence-electron chi connectivity index (χ4n) is 4.38. The van der Waals surface area contributed by atoms with E-state index in [0.29, 0.717) is 44.5 Å². The Kier molecular flexibility index (Phi) is 24.1. The largest absolute Gasteiger partial charge is 0.354 e. The van der Waals surface area contributed by atoms with Crippen LogP contribution in [0.3, 0.4) is 0 Å². The molecule has 0 aromatic heterocycles. The Bertz CT molecular complexity index is 633. The zero-order valence-electron chi connectivity index (χ0n) is 24.3. The summed E-state index contributed by atoms with van der Waals surface area (Å²) in [6, 6.07) is -0.0319. The van der Waals surface area contributed by atoms with Gasteiger partial charge in [0.2, 0.25) is 18.2 Å². The first kappa shape index (κ1) is 34.9. The van der Waals surface area contributed by atoms with Crippen molar-refractivity contribution in [2.75, 3.05) is 13.1 Å². The molecule has 0 aliphatic carbocycles. The number of carbonyl (C=O) groups excluding carboxylic acids is 3. The number of amides is 3. The average Bonchev–Trinajstić information content (AvgIpc) is 2.87. The van der Waals surface area contributed by atoms with Gasteiger partial charge in [0, 0.05) is 37.7 Å². The number of allylic oxidation sites excluding steroid dienone is 2.